The van der Waals surface area contributed by atoms with Crippen molar-refractivity contribution in [2.45, 2.75) is 20.3 Å². The van der Waals surface area contributed by atoms with Gasteiger partial charge in [0.15, 0.2) is 0 Å². The topological polar surface area (TPSA) is 22.1 Å². The molecular formula is C9H11NO. The largest absolute Gasteiger partial charge is 0.477 e. The Morgan fingerprint density at radius 1 is 1.45 bits per heavy atom. The molecule has 0 radical (unpaired) electrons. The molecule has 2 rings (SSSR count). The molecule has 0 bridgehead atoms. The summed E-state index contributed by atoms with van der Waals surface area (Å²) in [4.78, 5) is 4.29. The van der Waals surface area contributed by atoms with E-state index in [1.54, 1.807) is 0 Å². The van der Waals surface area contributed by atoms with Crippen LogP contribution in [0.25, 0.3) is 0 Å². The minimum atomic E-state index is 0.798. The number of nitrogens with zero attached hydrogens (tertiary/aromatic N) is 1. The van der Waals surface area contributed by atoms with Crippen LogP contribution in [0.3, 0.4) is 0 Å². The van der Waals surface area contributed by atoms with Crippen molar-refractivity contribution in [1.82, 2.24) is 4.98 Å². The Morgan fingerprint density at radius 3 is 3.09 bits per heavy atom. The van der Waals surface area contributed by atoms with Crippen LogP contribution in [0.2, 0.25) is 0 Å². The Bertz CT molecular complexity index is 294. The van der Waals surface area contributed by atoms with Crippen molar-refractivity contribution in [1.29, 1.82) is 0 Å². The number of fused-ring (bicyclic) bond motifs is 1. The Hall–Kier alpha value is -1.05. The summed E-state index contributed by atoms with van der Waals surface area (Å²) < 4.78 is 5.35. The molecular weight excluding hydrogens is 138 g/mol. The summed E-state index contributed by atoms with van der Waals surface area (Å²) in [5, 5.41) is 0. The van der Waals surface area contributed by atoms with Gasteiger partial charge in [0.2, 0.25) is 5.88 Å². The second-order valence-electron chi connectivity index (χ2n) is 2.96. The summed E-state index contributed by atoms with van der Waals surface area (Å²) in [6.07, 6.45) is 1.02. The standard InChI is InChI=1S/C9H11NO/c1-6-5-7(2)10-9-8(6)3-4-11-9/h5H,3-4H2,1-2H3. The van der Waals surface area contributed by atoms with Crippen molar-refractivity contribution in [3.8, 4) is 5.88 Å². The minimum absolute atomic E-state index is 0.798. The van der Waals surface area contributed by atoms with E-state index in [1.165, 1.54) is 11.1 Å². The van der Waals surface area contributed by atoms with E-state index in [9.17, 15) is 0 Å². The second-order valence-corrected chi connectivity index (χ2v) is 2.96. The van der Waals surface area contributed by atoms with Gasteiger partial charge in [0.25, 0.3) is 0 Å². The highest BCUT2D eigenvalue weighted by Gasteiger charge is 2.15. The molecule has 0 aromatic carbocycles. The Kier molecular flexibility index (Phi) is 1.34. The molecule has 0 saturated carbocycles. The van der Waals surface area contributed by atoms with Crippen LogP contribution in [0.1, 0.15) is 16.8 Å². The molecule has 11 heavy (non-hydrogen) atoms. The van der Waals surface area contributed by atoms with Gasteiger partial charge in [-0.3, -0.25) is 0 Å². The lowest BCUT2D eigenvalue weighted by atomic mass is 10.1. The number of aryl methyl sites for hydroxylation is 2. The molecule has 2 heteroatoms. The molecule has 0 aliphatic carbocycles. The van der Waals surface area contributed by atoms with Gasteiger partial charge in [0, 0.05) is 17.7 Å². The zero-order chi connectivity index (χ0) is 7.84. The third-order valence-electron chi connectivity index (χ3n) is 2.03. The second kappa shape index (κ2) is 2.22. The predicted octanol–water partition coefficient (Wildman–Crippen LogP) is 1.63. The third kappa shape index (κ3) is 0.985. The smallest absolute Gasteiger partial charge is 0.217 e. The summed E-state index contributed by atoms with van der Waals surface area (Å²) in [5.74, 6) is 0.850. The molecule has 58 valence electrons. The van der Waals surface area contributed by atoms with Crippen molar-refractivity contribution in [2.24, 2.45) is 0 Å². The van der Waals surface area contributed by atoms with Crippen molar-refractivity contribution in [3.63, 3.8) is 0 Å². The molecule has 0 saturated heterocycles. The molecule has 1 aliphatic rings. The van der Waals surface area contributed by atoms with Crippen molar-refractivity contribution < 1.29 is 4.74 Å². The van der Waals surface area contributed by atoms with Gasteiger partial charge in [0.05, 0.1) is 6.61 Å². The molecule has 0 unspecified atom stereocenters. The maximum Gasteiger partial charge on any atom is 0.217 e. The Labute approximate surface area is 66.2 Å². The van der Waals surface area contributed by atoms with Crippen LogP contribution in [-0.2, 0) is 6.42 Å². The number of pyridine rings is 1. The number of hydrogen-bond acceptors (Lipinski definition) is 2. The first-order valence-electron chi connectivity index (χ1n) is 3.87. The molecule has 1 aliphatic heterocycles. The van der Waals surface area contributed by atoms with Gasteiger partial charge in [-0.2, -0.15) is 0 Å². The fraction of sp³-hybridized carbons (Fsp3) is 0.444. The van der Waals surface area contributed by atoms with Gasteiger partial charge in [-0.1, -0.05) is 0 Å². The van der Waals surface area contributed by atoms with Crippen molar-refractivity contribution >= 4 is 0 Å². The maximum absolute atomic E-state index is 5.35. The van der Waals surface area contributed by atoms with Gasteiger partial charge < -0.3 is 4.74 Å². The fourth-order valence-corrected chi connectivity index (χ4v) is 1.50. The van der Waals surface area contributed by atoms with Crippen molar-refractivity contribution in [3.05, 3.63) is 22.9 Å². The fourth-order valence-electron chi connectivity index (χ4n) is 1.50. The zero-order valence-electron chi connectivity index (χ0n) is 6.85. The van der Waals surface area contributed by atoms with E-state index in [-0.39, 0.29) is 0 Å². The summed E-state index contributed by atoms with van der Waals surface area (Å²) >= 11 is 0. The summed E-state index contributed by atoms with van der Waals surface area (Å²) in [7, 11) is 0. The number of hydrogen-bond donors (Lipinski definition) is 0. The highest BCUT2D eigenvalue weighted by Crippen LogP contribution is 2.25. The van der Waals surface area contributed by atoms with Crippen LogP contribution in [0.4, 0.5) is 0 Å². The van der Waals surface area contributed by atoms with E-state index in [0.717, 1.165) is 24.6 Å². The van der Waals surface area contributed by atoms with Crippen LogP contribution in [-0.4, -0.2) is 11.6 Å². The summed E-state index contributed by atoms with van der Waals surface area (Å²) in [6, 6.07) is 2.10. The molecule has 0 amide bonds. The predicted molar refractivity (Wildman–Crippen MR) is 42.9 cm³/mol. The first kappa shape index (κ1) is 6.65. The van der Waals surface area contributed by atoms with Gasteiger partial charge in [0.1, 0.15) is 0 Å². The molecule has 2 nitrogen and oxygen atoms in total. The highest BCUT2D eigenvalue weighted by atomic mass is 16.5. The molecule has 1 aromatic heterocycles. The van der Waals surface area contributed by atoms with Crippen LogP contribution >= 0.6 is 0 Å². The molecule has 1 aromatic rings. The van der Waals surface area contributed by atoms with Gasteiger partial charge in [-0.15, -0.1) is 0 Å². The minimum Gasteiger partial charge on any atom is -0.477 e. The lowest BCUT2D eigenvalue weighted by Crippen LogP contribution is -1.90. The Balaban J connectivity index is 2.60. The van der Waals surface area contributed by atoms with Crippen molar-refractivity contribution in [2.75, 3.05) is 6.61 Å². The lowest BCUT2D eigenvalue weighted by molar-refractivity contribution is 0.344. The number of rotatable bonds is 0. The zero-order valence-corrected chi connectivity index (χ0v) is 6.85. The van der Waals surface area contributed by atoms with Gasteiger partial charge in [-0.25, -0.2) is 4.98 Å². The van der Waals surface area contributed by atoms with Gasteiger partial charge in [-0.05, 0) is 25.5 Å². The normalized spacial score (nSPS) is 14.4. The average Bonchev–Trinajstić information content (AvgIpc) is 2.34. The summed E-state index contributed by atoms with van der Waals surface area (Å²) in [6.45, 7) is 4.91. The molecule has 0 fully saturated rings. The van der Waals surface area contributed by atoms with Crippen LogP contribution in [0, 0.1) is 13.8 Å². The van der Waals surface area contributed by atoms with E-state index in [2.05, 4.69) is 18.0 Å². The third-order valence-corrected chi connectivity index (χ3v) is 2.03. The SMILES string of the molecule is Cc1cc(C)c2c(n1)OCC2. The number of aromatic nitrogens is 1. The van der Waals surface area contributed by atoms with E-state index in [1.807, 2.05) is 6.92 Å². The van der Waals surface area contributed by atoms with Gasteiger partial charge >= 0.3 is 0 Å². The van der Waals surface area contributed by atoms with E-state index < -0.39 is 0 Å². The average molecular weight is 149 g/mol. The summed E-state index contributed by atoms with van der Waals surface area (Å²) in [5.41, 5.74) is 3.64. The molecule has 2 heterocycles. The van der Waals surface area contributed by atoms with Crippen LogP contribution in [0.5, 0.6) is 5.88 Å². The maximum atomic E-state index is 5.35. The first-order chi connectivity index (χ1) is 5.27. The lowest BCUT2D eigenvalue weighted by Gasteiger charge is -2.01. The monoisotopic (exact) mass is 149 g/mol. The van der Waals surface area contributed by atoms with Crippen LogP contribution in [0.15, 0.2) is 6.07 Å². The Morgan fingerprint density at radius 2 is 2.27 bits per heavy atom. The highest BCUT2D eigenvalue weighted by molar-refractivity contribution is 5.38. The van der Waals surface area contributed by atoms with E-state index >= 15 is 0 Å². The van der Waals surface area contributed by atoms with E-state index in [4.69, 9.17) is 4.74 Å². The molecule has 0 spiro atoms. The molecule has 0 atom stereocenters. The quantitative estimate of drug-likeness (QED) is 0.559. The first-order valence-corrected chi connectivity index (χ1v) is 3.87. The van der Waals surface area contributed by atoms with Crippen LogP contribution < -0.4 is 4.74 Å². The van der Waals surface area contributed by atoms with E-state index in [0.29, 0.717) is 0 Å². The number of ether oxygens (including phenoxy) is 1. The molecule has 0 N–H and O–H groups in total.